The van der Waals surface area contributed by atoms with Crippen LogP contribution in [0.1, 0.15) is 13.8 Å². The minimum Gasteiger partial charge on any atom is -0.367 e. The molecule has 0 amide bonds. The van der Waals surface area contributed by atoms with E-state index in [1.54, 1.807) is 6.20 Å². The molecule has 1 aromatic heterocycles. The van der Waals surface area contributed by atoms with E-state index in [9.17, 15) is 0 Å². The molecule has 1 aromatic rings. The molecule has 0 radical (unpaired) electrons. The standard InChI is InChI=1S/C10H14BrClN2/c1-7(5-11)8(2)14-10-4-3-9(12)6-13-10/h3-4,6-8H,5H2,1-2H3,(H,13,14). The summed E-state index contributed by atoms with van der Waals surface area (Å²) in [5.74, 6) is 1.43. The highest BCUT2D eigenvalue weighted by Gasteiger charge is 2.10. The van der Waals surface area contributed by atoms with Gasteiger partial charge in [0.1, 0.15) is 5.82 Å². The molecular formula is C10H14BrClN2. The lowest BCUT2D eigenvalue weighted by molar-refractivity contribution is 0.570. The summed E-state index contributed by atoms with van der Waals surface area (Å²) >= 11 is 9.20. The van der Waals surface area contributed by atoms with Crippen molar-refractivity contribution in [2.24, 2.45) is 5.92 Å². The quantitative estimate of drug-likeness (QED) is 0.851. The molecule has 0 aliphatic heterocycles. The molecule has 4 heteroatoms. The van der Waals surface area contributed by atoms with Crippen LogP contribution < -0.4 is 5.32 Å². The van der Waals surface area contributed by atoms with Crippen molar-refractivity contribution < 1.29 is 0 Å². The van der Waals surface area contributed by atoms with Crippen molar-refractivity contribution in [3.05, 3.63) is 23.4 Å². The van der Waals surface area contributed by atoms with Crippen molar-refractivity contribution >= 4 is 33.3 Å². The van der Waals surface area contributed by atoms with E-state index >= 15 is 0 Å². The van der Waals surface area contributed by atoms with Gasteiger partial charge >= 0.3 is 0 Å². The highest BCUT2D eigenvalue weighted by Crippen LogP contribution is 2.14. The topological polar surface area (TPSA) is 24.9 Å². The molecular weight excluding hydrogens is 263 g/mol. The lowest BCUT2D eigenvalue weighted by atomic mass is 10.1. The molecule has 0 saturated carbocycles. The maximum atomic E-state index is 5.74. The Kier molecular flexibility index (Phi) is 4.69. The number of rotatable bonds is 4. The molecule has 0 bridgehead atoms. The SMILES string of the molecule is CC(CBr)C(C)Nc1ccc(Cl)cn1. The second-order valence-corrected chi connectivity index (χ2v) is 4.51. The van der Waals surface area contributed by atoms with Crippen molar-refractivity contribution in [1.29, 1.82) is 0 Å². The molecule has 1 N–H and O–H groups in total. The first-order valence-corrected chi connectivity index (χ1v) is 6.07. The Morgan fingerprint density at radius 2 is 2.21 bits per heavy atom. The van der Waals surface area contributed by atoms with Gasteiger partial charge in [0.15, 0.2) is 0 Å². The molecule has 0 fully saturated rings. The molecule has 0 saturated heterocycles. The lowest BCUT2D eigenvalue weighted by Crippen LogP contribution is -2.25. The zero-order valence-electron chi connectivity index (χ0n) is 8.30. The van der Waals surface area contributed by atoms with Crippen LogP contribution >= 0.6 is 27.5 Å². The van der Waals surface area contributed by atoms with Gasteiger partial charge in [-0.1, -0.05) is 34.5 Å². The third kappa shape index (κ3) is 3.46. The number of alkyl halides is 1. The van der Waals surface area contributed by atoms with Crippen LogP contribution in [0.2, 0.25) is 5.02 Å². The first-order valence-electron chi connectivity index (χ1n) is 4.57. The number of aromatic nitrogens is 1. The summed E-state index contributed by atoms with van der Waals surface area (Å²) in [5, 5.41) is 4.96. The first kappa shape index (κ1) is 11.8. The maximum absolute atomic E-state index is 5.74. The van der Waals surface area contributed by atoms with E-state index < -0.39 is 0 Å². The zero-order valence-corrected chi connectivity index (χ0v) is 10.6. The molecule has 0 aliphatic rings. The number of anilines is 1. The van der Waals surface area contributed by atoms with Crippen molar-refractivity contribution in [2.45, 2.75) is 19.9 Å². The van der Waals surface area contributed by atoms with Crippen LogP contribution in [0.15, 0.2) is 18.3 Å². The lowest BCUT2D eigenvalue weighted by Gasteiger charge is -2.19. The molecule has 0 spiro atoms. The van der Waals surface area contributed by atoms with Gasteiger partial charge in [0.2, 0.25) is 0 Å². The van der Waals surface area contributed by atoms with Gasteiger partial charge in [-0.2, -0.15) is 0 Å². The zero-order chi connectivity index (χ0) is 10.6. The smallest absolute Gasteiger partial charge is 0.126 e. The Labute approximate surface area is 98.2 Å². The summed E-state index contributed by atoms with van der Waals surface area (Å²) in [5.41, 5.74) is 0. The summed E-state index contributed by atoms with van der Waals surface area (Å²) in [6, 6.07) is 4.12. The highest BCUT2D eigenvalue weighted by atomic mass is 79.9. The summed E-state index contributed by atoms with van der Waals surface area (Å²) < 4.78 is 0. The molecule has 0 aromatic carbocycles. The number of hydrogen-bond donors (Lipinski definition) is 1. The van der Waals surface area contributed by atoms with Gasteiger partial charge in [0.25, 0.3) is 0 Å². The van der Waals surface area contributed by atoms with E-state index in [-0.39, 0.29) is 0 Å². The maximum Gasteiger partial charge on any atom is 0.126 e. The van der Waals surface area contributed by atoms with Crippen LogP contribution in [0.25, 0.3) is 0 Å². The van der Waals surface area contributed by atoms with Crippen molar-refractivity contribution in [3.63, 3.8) is 0 Å². The van der Waals surface area contributed by atoms with Gasteiger partial charge < -0.3 is 5.32 Å². The van der Waals surface area contributed by atoms with Crippen LogP contribution in [0, 0.1) is 5.92 Å². The van der Waals surface area contributed by atoms with Crippen LogP contribution in [0.4, 0.5) is 5.82 Å². The van der Waals surface area contributed by atoms with Gasteiger partial charge in [0.05, 0.1) is 5.02 Å². The predicted molar refractivity (Wildman–Crippen MR) is 65.3 cm³/mol. The monoisotopic (exact) mass is 276 g/mol. The second kappa shape index (κ2) is 5.56. The van der Waals surface area contributed by atoms with Crippen molar-refractivity contribution in [2.75, 3.05) is 10.6 Å². The van der Waals surface area contributed by atoms with Crippen LogP contribution in [-0.2, 0) is 0 Å². The van der Waals surface area contributed by atoms with Crippen LogP contribution in [0.3, 0.4) is 0 Å². The Hall–Kier alpha value is -0.280. The van der Waals surface area contributed by atoms with E-state index in [0.29, 0.717) is 17.0 Å². The minimum absolute atomic E-state index is 0.392. The van der Waals surface area contributed by atoms with Gasteiger partial charge in [-0.3, -0.25) is 0 Å². The Balaban J connectivity index is 2.56. The summed E-state index contributed by atoms with van der Waals surface area (Å²) in [6.45, 7) is 4.32. The van der Waals surface area contributed by atoms with Crippen LogP contribution in [0.5, 0.6) is 0 Å². The van der Waals surface area contributed by atoms with Gasteiger partial charge in [-0.15, -0.1) is 0 Å². The summed E-state index contributed by atoms with van der Waals surface area (Å²) in [6.07, 6.45) is 1.65. The van der Waals surface area contributed by atoms with Crippen LogP contribution in [-0.4, -0.2) is 16.4 Å². The number of pyridine rings is 1. The Bertz CT molecular complexity index is 276. The van der Waals surface area contributed by atoms with E-state index in [4.69, 9.17) is 11.6 Å². The van der Waals surface area contributed by atoms with Gasteiger partial charge in [0, 0.05) is 17.6 Å². The van der Waals surface area contributed by atoms with Gasteiger partial charge in [-0.25, -0.2) is 4.98 Å². The number of halogens is 2. The van der Waals surface area contributed by atoms with Crippen molar-refractivity contribution in [3.8, 4) is 0 Å². The average Bonchev–Trinajstić information content (AvgIpc) is 2.20. The predicted octanol–water partition coefficient (Wildman–Crippen LogP) is 3.57. The molecule has 0 aliphatic carbocycles. The van der Waals surface area contributed by atoms with E-state index in [2.05, 4.69) is 40.1 Å². The number of nitrogens with one attached hydrogen (secondary N) is 1. The fraction of sp³-hybridized carbons (Fsp3) is 0.500. The first-order chi connectivity index (χ1) is 6.63. The molecule has 1 rings (SSSR count). The highest BCUT2D eigenvalue weighted by molar-refractivity contribution is 9.09. The fourth-order valence-electron chi connectivity index (χ4n) is 0.970. The fourth-order valence-corrected chi connectivity index (χ4v) is 1.64. The van der Waals surface area contributed by atoms with E-state index in [1.165, 1.54) is 0 Å². The third-order valence-corrected chi connectivity index (χ3v) is 3.44. The molecule has 2 atom stereocenters. The average molecular weight is 278 g/mol. The Morgan fingerprint density at radius 1 is 1.50 bits per heavy atom. The van der Waals surface area contributed by atoms with Gasteiger partial charge in [-0.05, 0) is 25.0 Å². The number of nitrogens with zero attached hydrogens (tertiary/aromatic N) is 1. The van der Waals surface area contributed by atoms with E-state index in [1.807, 2.05) is 12.1 Å². The third-order valence-electron chi connectivity index (χ3n) is 2.20. The molecule has 14 heavy (non-hydrogen) atoms. The molecule has 2 unspecified atom stereocenters. The largest absolute Gasteiger partial charge is 0.367 e. The minimum atomic E-state index is 0.392. The normalized spacial score (nSPS) is 14.9. The number of hydrogen-bond acceptors (Lipinski definition) is 2. The second-order valence-electron chi connectivity index (χ2n) is 3.43. The molecule has 2 nitrogen and oxygen atoms in total. The molecule has 1 heterocycles. The Morgan fingerprint density at radius 3 is 2.71 bits per heavy atom. The van der Waals surface area contributed by atoms with Crippen molar-refractivity contribution in [1.82, 2.24) is 4.98 Å². The van der Waals surface area contributed by atoms with E-state index in [0.717, 1.165) is 11.1 Å². The molecule has 78 valence electrons. The summed E-state index contributed by atoms with van der Waals surface area (Å²) in [7, 11) is 0. The summed E-state index contributed by atoms with van der Waals surface area (Å²) in [4.78, 5) is 4.18.